The minimum Gasteiger partial charge on any atom is -0.315 e. The van der Waals surface area contributed by atoms with Crippen LogP contribution in [0.2, 0.25) is 0 Å². The van der Waals surface area contributed by atoms with Gasteiger partial charge < -0.3 is 5.73 Å². The van der Waals surface area contributed by atoms with Crippen molar-refractivity contribution in [2.75, 3.05) is 6.54 Å². The Balaban J connectivity index is 2.33. The summed E-state index contributed by atoms with van der Waals surface area (Å²) in [6, 6.07) is 0. The number of nitrogens with two attached hydrogens (primary N) is 1. The highest BCUT2D eigenvalue weighted by atomic mass is 32.2. The summed E-state index contributed by atoms with van der Waals surface area (Å²) in [7, 11) is 0. The molecule has 0 aliphatic carbocycles. The van der Waals surface area contributed by atoms with Gasteiger partial charge >= 0.3 is 0 Å². The number of hydrogen-bond donors (Lipinski definition) is 1. The van der Waals surface area contributed by atoms with Crippen molar-refractivity contribution in [3.8, 4) is 5.40 Å². The largest absolute Gasteiger partial charge is 0.315 e. The molecule has 1 rings (SSSR count). The summed E-state index contributed by atoms with van der Waals surface area (Å²) < 4.78 is 1.92. The summed E-state index contributed by atoms with van der Waals surface area (Å²) in [6.45, 7) is 0.958. The Labute approximate surface area is 58.9 Å². The average Bonchev–Trinajstić information content (AvgIpc) is 2.18. The highest BCUT2D eigenvalue weighted by Crippen LogP contribution is 2.20. The third kappa shape index (κ3) is 1.58. The molecule has 0 spiro atoms. The van der Waals surface area contributed by atoms with Crippen LogP contribution in [-0.2, 0) is 0 Å². The van der Waals surface area contributed by atoms with Crippen LogP contribution in [0.15, 0.2) is 0 Å². The van der Waals surface area contributed by atoms with Crippen LogP contribution < -0.4 is 5.73 Å². The Bertz CT molecular complexity index is 131. The van der Waals surface area contributed by atoms with Gasteiger partial charge in [-0.2, -0.15) is 5.26 Å². The van der Waals surface area contributed by atoms with Gasteiger partial charge in [-0.1, -0.05) is 0 Å². The topological polar surface area (TPSA) is 53.0 Å². The van der Waals surface area contributed by atoms with Gasteiger partial charge in [-0.25, -0.2) is 4.31 Å². The maximum Gasteiger partial charge on any atom is 0.150 e. The van der Waals surface area contributed by atoms with Crippen molar-refractivity contribution in [3.05, 3.63) is 0 Å². The van der Waals surface area contributed by atoms with Crippen LogP contribution in [0, 0.1) is 10.7 Å². The van der Waals surface area contributed by atoms with Gasteiger partial charge in [-0.15, -0.1) is 0 Å². The van der Waals surface area contributed by atoms with Gasteiger partial charge in [0, 0.05) is 18.5 Å². The number of hydrogen-bond acceptors (Lipinski definition) is 4. The second kappa shape index (κ2) is 3.06. The third-order valence-electron chi connectivity index (χ3n) is 1.41. The first-order valence-electron chi connectivity index (χ1n) is 2.93. The maximum atomic E-state index is 8.26. The lowest BCUT2D eigenvalue weighted by Crippen LogP contribution is -2.30. The predicted octanol–water partition coefficient (Wildman–Crippen LogP) is 0.496. The Morgan fingerprint density at radius 3 is 3.00 bits per heavy atom. The summed E-state index contributed by atoms with van der Waals surface area (Å²) in [6.07, 6.45) is 2.25. The summed E-state index contributed by atoms with van der Waals surface area (Å²) >= 11 is 1.16. The average molecular weight is 143 g/mol. The molecule has 1 aliphatic rings. The molecule has 1 heterocycles. The normalized spacial score (nSPS) is 28.2. The van der Waals surface area contributed by atoms with E-state index in [-0.39, 0.29) is 6.17 Å². The highest BCUT2D eigenvalue weighted by Gasteiger charge is 2.20. The van der Waals surface area contributed by atoms with E-state index in [1.54, 1.807) is 0 Å². The van der Waals surface area contributed by atoms with E-state index < -0.39 is 0 Å². The monoisotopic (exact) mass is 143 g/mol. The number of rotatable bonds is 1. The molecule has 0 saturated carbocycles. The molecule has 1 unspecified atom stereocenters. The second-order valence-electron chi connectivity index (χ2n) is 2.03. The van der Waals surface area contributed by atoms with Gasteiger partial charge in [0.2, 0.25) is 0 Å². The van der Waals surface area contributed by atoms with Crippen molar-refractivity contribution in [2.45, 2.75) is 19.0 Å². The summed E-state index contributed by atoms with van der Waals surface area (Å²) in [5, 5.41) is 10.3. The smallest absolute Gasteiger partial charge is 0.150 e. The molecular formula is C5H9N3S. The van der Waals surface area contributed by atoms with Crippen molar-refractivity contribution in [3.63, 3.8) is 0 Å². The van der Waals surface area contributed by atoms with E-state index in [0.717, 1.165) is 31.3 Å². The van der Waals surface area contributed by atoms with E-state index in [4.69, 9.17) is 11.0 Å². The van der Waals surface area contributed by atoms with Crippen molar-refractivity contribution < 1.29 is 0 Å². The SMILES string of the molecule is N#CSN1CCCC1N. The Morgan fingerprint density at radius 2 is 2.56 bits per heavy atom. The van der Waals surface area contributed by atoms with E-state index in [9.17, 15) is 0 Å². The second-order valence-corrected chi connectivity index (χ2v) is 2.87. The molecule has 4 heteroatoms. The number of thiocyanates is 1. The van der Waals surface area contributed by atoms with Gasteiger partial charge in [0.05, 0.1) is 6.17 Å². The summed E-state index contributed by atoms with van der Waals surface area (Å²) in [5.74, 6) is 0. The lowest BCUT2D eigenvalue weighted by molar-refractivity contribution is 0.452. The van der Waals surface area contributed by atoms with Crippen molar-refractivity contribution in [1.29, 1.82) is 5.26 Å². The van der Waals surface area contributed by atoms with Crippen LogP contribution in [-0.4, -0.2) is 17.0 Å². The standard InChI is InChI=1S/C5H9N3S/c6-4-9-8-3-1-2-5(8)7/h5H,1-3,7H2. The molecule has 0 aromatic heterocycles. The van der Waals surface area contributed by atoms with Gasteiger partial charge in [-0.05, 0) is 12.8 Å². The molecule has 1 atom stereocenters. The molecule has 0 amide bonds. The summed E-state index contributed by atoms with van der Waals surface area (Å²) in [4.78, 5) is 0. The molecule has 0 aromatic rings. The first kappa shape index (κ1) is 6.87. The van der Waals surface area contributed by atoms with Crippen LogP contribution in [0.1, 0.15) is 12.8 Å². The van der Waals surface area contributed by atoms with E-state index in [0.29, 0.717) is 0 Å². The summed E-state index contributed by atoms with van der Waals surface area (Å²) in [5.41, 5.74) is 5.62. The number of nitriles is 1. The first-order chi connectivity index (χ1) is 4.34. The van der Waals surface area contributed by atoms with Crippen molar-refractivity contribution >= 4 is 11.9 Å². The van der Waals surface area contributed by atoms with Crippen molar-refractivity contribution in [2.24, 2.45) is 5.73 Å². The minimum atomic E-state index is 0.106. The molecule has 1 fully saturated rings. The van der Waals surface area contributed by atoms with Gasteiger partial charge in [0.1, 0.15) is 5.40 Å². The van der Waals surface area contributed by atoms with Gasteiger partial charge in [-0.3, -0.25) is 0 Å². The molecular weight excluding hydrogens is 134 g/mol. The molecule has 3 nitrogen and oxygen atoms in total. The lowest BCUT2D eigenvalue weighted by Gasteiger charge is -2.13. The Hall–Kier alpha value is -0.240. The Kier molecular flexibility index (Phi) is 2.34. The maximum absolute atomic E-state index is 8.26. The quantitative estimate of drug-likeness (QED) is 0.429. The molecule has 1 saturated heterocycles. The van der Waals surface area contributed by atoms with Gasteiger partial charge in [0.25, 0.3) is 0 Å². The van der Waals surface area contributed by atoms with E-state index in [1.807, 2.05) is 9.71 Å². The predicted molar refractivity (Wildman–Crippen MR) is 37.1 cm³/mol. The van der Waals surface area contributed by atoms with E-state index in [1.165, 1.54) is 0 Å². The zero-order valence-corrected chi connectivity index (χ0v) is 5.90. The molecule has 2 N–H and O–H groups in total. The number of nitrogens with zero attached hydrogens (tertiary/aromatic N) is 2. The Morgan fingerprint density at radius 1 is 1.78 bits per heavy atom. The first-order valence-corrected chi connectivity index (χ1v) is 3.70. The van der Waals surface area contributed by atoms with E-state index in [2.05, 4.69) is 0 Å². The van der Waals surface area contributed by atoms with Crippen LogP contribution in [0.4, 0.5) is 0 Å². The molecule has 50 valence electrons. The highest BCUT2D eigenvalue weighted by molar-refractivity contribution is 8.01. The minimum absolute atomic E-state index is 0.106. The van der Waals surface area contributed by atoms with Gasteiger partial charge in [0.15, 0.2) is 0 Å². The lowest BCUT2D eigenvalue weighted by atomic mass is 10.3. The fourth-order valence-electron chi connectivity index (χ4n) is 0.932. The zero-order valence-electron chi connectivity index (χ0n) is 5.08. The molecule has 0 aromatic carbocycles. The van der Waals surface area contributed by atoms with Crippen LogP contribution in [0.3, 0.4) is 0 Å². The van der Waals surface area contributed by atoms with Crippen LogP contribution in [0.5, 0.6) is 0 Å². The molecule has 1 aliphatic heterocycles. The fraction of sp³-hybridized carbons (Fsp3) is 0.800. The van der Waals surface area contributed by atoms with Crippen LogP contribution in [0.25, 0.3) is 0 Å². The van der Waals surface area contributed by atoms with Crippen molar-refractivity contribution in [1.82, 2.24) is 4.31 Å². The molecule has 0 bridgehead atoms. The zero-order chi connectivity index (χ0) is 6.69. The third-order valence-corrected chi connectivity index (χ3v) is 2.18. The van der Waals surface area contributed by atoms with Crippen LogP contribution >= 0.6 is 11.9 Å². The fourth-order valence-corrected chi connectivity index (χ4v) is 1.50. The van der Waals surface area contributed by atoms with E-state index >= 15 is 0 Å². The molecule has 0 radical (unpaired) electrons. The molecule has 9 heavy (non-hydrogen) atoms.